The van der Waals surface area contributed by atoms with Crippen LogP contribution in [0.15, 0.2) is 53.7 Å². The Balaban J connectivity index is 1.51. The Hall–Kier alpha value is -2.40. The Kier molecular flexibility index (Phi) is 4.57. The van der Waals surface area contributed by atoms with Crippen LogP contribution in [0.1, 0.15) is 12.8 Å². The molecule has 2 aromatic rings. The summed E-state index contributed by atoms with van der Waals surface area (Å²) in [6.45, 7) is 3.42. The van der Waals surface area contributed by atoms with Gasteiger partial charge in [0.15, 0.2) is 0 Å². The van der Waals surface area contributed by atoms with Crippen LogP contribution in [0.3, 0.4) is 0 Å². The third-order valence-electron chi connectivity index (χ3n) is 4.05. The highest BCUT2D eigenvalue weighted by atomic mass is 32.1. The largest absolute Gasteiger partial charge is 0.350 e. The lowest BCUT2D eigenvalue weighted by atomic mass is 9.79. The van der Waals surface area contributed by atoms with Gasteiger partial charge in [-0.2, -0.15) is 11.3 Å². The zero-order valence-electron chi connectivity index (χ0n) is 12.6. The minimum absolute atomic E-state index is 0.0115. The van der Waals surface area contributed by atoms with Crippen LogP contribution in [-0.2, 0) is 9.59 Å². The quantitative estimate of drug-likeness (QED) is 0.827. The molecule has 1 aromatic heterocycles. The van der Waals surface area contributed by atoms with Crippen molar-refractivity contribution in [3.8, 4) is 11.1 Å². The van der Waals surface area contributed by atoms with Gasteiger partial charge in [-0.05, 0) is 59.0 Å². The molecule has 1 aliphatic carbocycles. The van der Waals surface area contributed by atoms with Gasteiger partial charge in [-0.3, -0.25) is 9.59 Å². The molecule has 0 atom stereocenters. The Morgan fingerprint density at radius 1 is 1.13 bits per heavy atom. The van der Waals surface area contributed by atoms with Crippen LogP contribution in [0.2, 0.25) is 0 Å². The molecule has 3 rings (SSSR count). The summed E-state index contributed by atoms with van der Waals surface area (Å²) in [4.78, 5) is 23.3. The van der Waals surface area contributed by atoms with Crippen molar-refractivity contribution in [2.75, 3.05) is 5.32 Å². The molecule has 5 heteroatoms. The number of carbonyl (C=O) groups excluding carboxylic acids is 2. The SMILES string of the molecule is C=CC(=O)NC1CC(C(=O)Nc2ccc(-c3ccsc3)cc2)C1. The van der Waals surface area contributed by atoms with E-state index in [4.69, 9.17) is 0 Å². The van der Waals surface area contributed by atoms with E-state index in [-0.39, 0.29) is 23.8 Å². The van der Waals surface area contributed by atoms with Gasteiger partial charge in [0, 0.05) is 17.6 Å². The van der Waals surface area contributed by atoms with Crippen LogP contribution in [0, 0.1) is 5.92 Å². The van der Waals surface area contributed by atoms with E-state index in [2.05, 4.69) is 28.7 Å². The maximum atomic E-state index is 12.2. The second-order valence-corrected chi connectivity index (χ2v) is 6.44. The number of rotatable bonds is 5. The second kappa shape index (κ2) is 6.79. The van der Waals surface area contributed by atoms with Gasteiger partial charge in [0.1, 0.15) is 0 Å². The highest BCUT2D eigenvalue weighted by Crippen LogP contribution is 2.29. The van der Waals surface area contributed by atoms with Gasteiger partial charge in [-0.1, -0.05) is 18.7 Å². The van der Waals surface area contributed by atoms with Crippen molar-refractivity contribution in [2.24, 2.45) is 5.92 Å². The van der Waals surface area contributed by atoms with Crippen molar-refractivity contribution in [1.82, 2.24) is 5.32 Å². The van der Waals surface area contributed by atoms with E-state index in [1.54, 1.807) is 11.3 Å². The highest BCUT2D eigenvalue weighted by molar-refractivity contribution is 7.08. The van der Waals surface area contributed by atoms with Gasteiger partial charge in [0.05, 0.1) is 0 Å². The predicted octanol–water partition coefficient (Wildman–Crippen LogP) is 3.43. The molecule has 1 aromatic carbocycles. The van der Waals surface area contributed by atoms with E-state index in [0.29, 0.717) is 12.8 Å². The van der Waals surface area contributed by atoms with Crippen LogP contribution in [0.4, 0.5) is 5.69 Å². The highest BCUT2D eigenvalue weighted by Gasteiger charge is 2.35. The van der Waals surface area contributed by atoms with Crippen LogP contribution in [-0.4, -0.2) is 17.9 Å². The fourth-order valence-corrected chi connectivity index (χ4v) is 3.29. The van der Waals surface area contributed by atoms with E-state index in [9.17, 15) is 9.59 Å². The first-order valence-electron chi connectivity index (χ1n) is 7.52. The minimum Gasteiger partial charge on any atom is -0.350 e. The summed E-state index contributed by atoms with van der Waals surface area (Å²) >= 11 is 1.66. The summed E-state index contributed by atoms with van der Waals surface area (Å²) in [5.41, 5.74) is 3.13. The zero-order valence-corrected chi connectivity index (χ0v) is 13.4. The lowest BCUT2D eigenvalue weighted by Crippen LogP contribution is -2.47. The van der Waals surface area contributed by atoms with Crippen molar-refractivity contribution in [3.63, 3.8) is 0 Å². The van der Waals surface area contributed by atoms with Crippen LogP contribution >= 0.6 is 11.3 Å². The molecule has 0 aliphatic heterocycles. The molecule has 118 valence electrons. The van der Waals surface area contributed by atoms with E-state index >= 15 is 0 Å². The lowest BCUT2D eigenvalue weighted by molar-refractivity contribution is -0.125. The van der Waals surface area contributed by atoms with E-state index < -0.39 is 0 Å². The number of amides is 2. The predicted molar refractivity (Wildman–Crippen MR) is 93.2 cm³/mol. The molecule has 0 bridgehead atoms. The molecule has 23 heavy (non-hydrogen) atoms. The number of thiophene rings is 1. The summed E-state index contributed by atoms with van der Waals surface area (Å²) in [5.74, 6) is -0.211. The zero-order chi connectivity index (χ0) is 16.2. The molecule has 4 nitrogen and oxygen atoms in total. The van der Waals surface area contributed by atoms with Crippen molar-refractivity contribution < 1.29 is 9.59 Å². The van der Waals surface area contributed by atoms with Gasteiger partial charge < -0.3 is 10.6 Å². The normalized spacial score (nSPS) is 19.5. The average Bonchev–Trinajstić information content (AvgIpc) is 3.05. The van der Waals surface area contributed by atoms with Crippen LogP contribution in [0.25, 0.3) is 11.1 Å². The monoisotopic (exact) mass is 326 g/mol. The summed E-state index contributed by atoms with van der Waals surface area (Å²) < 4.78 is 0. The van der Waals surface area contributed by atoms with Gasteiger partial charge in [-0.25, -0.2) is 0 Å². The standard InChI is InChI=1S/C18H18N2O2S/c1-2-17(21)19-16-9-14(10-16)18(22)20-15-5-3-12(4-6-15)13-7-8-23-11-13/h2-8,11,14,16H,1,9-10H2,(H,19,21)(H,20,22). The molecule has 1 fully saturated rings. The van der Waals surface area contributed by atoms with Gasteiger partial charge in [0.25, 0.3) is 0 Å². The molecule has 0 radical (unpaired) electrons. The molecule has 1 heterocycles. The van der Waals surface area contributed by atoms with Crippen molar-refractivity contribution >= 4 is 28.8 Å². The molecular formula is C18H18N2O2S. The number of carbonyl (C=O) groups is 2. The van der Waals surface area contributed by atoms with Gasteiger partial charge in [0.2, 0.25) is 11.8 Å². The van der Waals surface area contributed by atoms with Crippen LogP contribution in [0.5, 0.6) is 0 Å². The number of benzene rings is 1. The number of anilines is 1. The first kappa shape index (κ1) is 15.5. The van der Waals surface area contributed by atoms with Crippen molar-refractivity contribution in [2.45, 2.75) is 18.9 Å². The van der Waals surface area contributed by atoms with E-state index in [1.807, 2.05) is 29.6 Å². The van der Waals surface area contributed by atoms with E-state index in [0.717, 1.165) is 11.3 Å². The number of hydrogen-bond donors (Lipinski definition) is 2. The minimum atomic E-state index is -0.183. The van der Waals surface area contributed by atoms with Crippen LogP contribution < -0.4 is 10.6 Å². The summed E-state index contributed by atoms with van der Waals surface area (Å²) in [7, 11) is 0. The summed E-state index contributed by atoms with van der Waals surface area (Å²) in [6.07, 6.45) is 2.61. The Bertz CT molecular complexity index is 701. The molecule has 1 aliphatic rings. The third-order valence-corrected chi connectivity index (χ3v) is 4.73. The smallest absolute Gasteiger partial charge is 0.243 e. The maximum absolute atomic E-state index is 12.2. The fourth-order valence-electron chi connectivity index (χ4n) is 2.63. The van der Waals surface area contributed by atoms with Crippen molar-refractivity contribution in [1.29, 1.82) is 0 Å². The third kappa shape index (κ3) is 3.68. The Labute approximate surface area is 139 Å². The summed E-state index contributed by atoms with van der Waals surface area (Å²) in [6, 6.07) is 10.00. The lowest BCUT2D eigenvalue weighted by Gasteiger charge is -2.34. The molecule has 0 unspecified atom stereocenters. The Morgan fingerprint density at radius 2 is 1.87 bits per heavy atom. The van der Waals surface area contributed by atoms with Crippen molar-refractivity contribution in [3.05, 3.63) is 53.7 Å². The second-order valence-electron chi connectivity index (χ2n) is 5.66. The van der Waals surface area contributed by atoms with E-state index in [1.165, 1.54) is 11.6 Å². The Morgan fingerprint density at radius 3 is 2.48 bits per heavy atom. The molecular weight excluding hydrogens is 308 g/mol. The number of hydrogen-bond acceptors (Lipinski definition) is 3. The molecule has 0 saturated heterocycles. The molecule has 2 amide bonds. The topological polar surface area (TPSA) is 58.2 Å². The summed E-state index contributed by atoms with van der Waals surface area (Å²) in [5, 5.41) is 9.88. The average molecular weight is 326 g/mol. The van der Waals surface area contributed by atoms with Gasteiger partial charge in [-0.15, -0.1) is 0 Å². The first-order valence-corrected chi connectivity index (χ1v) is 8.46. The number of nitrogens with one attached hydrogen (secondary N) is 2. The first-order chi connectivity index (χ1) is 11.2. The molecule has 1 saturated carbocycles. The van der Waals surface area contributed by atoms with Gasteiger partial charge >= 0.3 is 0 Å². The molecule has 0 spiro atoms. The fraction of sp³-hybridized carbons (Fsp3) is 0.222. The maximum Gasteiger partial charge on any atom is 0.243 e. The molecule has 2 N–H and O–H groups in total.